The van der Waals surface area contributed by atoms with Crippen LogP contribution in [0, 0.1) is 0 Å². The Bertz CT molecular complexity index is 291. The van der Waals surface area contributed by atoms with E-state index in [1.54, 1.807) is 5.57 Å². The quantitative estimate of drug-likeness (QED) is 0.469. The van der Waals surface area contributed by atoms with Gasteiger partial charge in [0, 0.05) is 22.4 Å². The van der Waals surface area contributed by atoms with Crippen LogP contribution in [0.5, 0.6) is 0 Å². The summed E-state index contributed by atoms with van der Waals surface area (Å²) in [5, 5.41) is 0. The fraction of sp³-hybridized carbons (Fsp3) is 0.800. The Labute approximate surface area is 117 Å². The maximum absolute atomic E-state index is 4.59. The highest BCUT2D eigenvalue weighted by atomic mass is 28.3. The summed E-state index contributed by atoms with van der Waals surface area (Å²) in [5.41, 5.74) is 1.67. The molecule has 0 saturated heterocycles. The molecule has 0 saturated carbocycles. The number of allylic oxidation sites excluding steroid dienone is 2. The Morgan fingerprint density at radius 2 is 1.28 bits per heavy atom. The molecule has 0 aromatic heterocycles. The lowest BCUT2D eigenvalue weighted by Crippen LogP contribution is -2.25. The van der Waals surface area contributed by atoms with Gasteiger partial charge in [-0.2, -0.15) is 0 Å². The summed E-state index contributed by atoms with van der Waals surface area (Å²) in [5.74, 6) is 0. The second-order valence-electron chi connectivity index (χ2n) is 8.75. The van der Waals surface area contributed by atoms with Crippen LogP contribution in [0.3, 0.4) is 0 Å². The average Bonchev–Trinajstić information content (AvgIpc) is 1.93. The first-order chi connectivity index (χ1) is 7.79. The molecule has 0 unspecified atom stereocenters. The third kappa shape index (κ3) is 12.3. The van der Waals surface area contributed by atoms with E-state index in [9.17, 15) is 0 Å². The van der Waals surface area contributed by atoms with Crippen molar-refractivity contribution in [3.63, 3.8) is 0 Å². The summed E-state index contributed by atoms with van der Waals surface area (Å²) in [6.07, 6.45) is 4.33. The summed E-state index contributed by atoms with van der Waals surface area (Å²) in [4.78, 5) is 4.59. The Morgan fingerprint density at radius 3 is 1.56 bits per heavy atom. The highest BCUT2D eigenvalue weighted by Gasteiger charge is 2.20. The van der Waals surface area contributed by atoms with E-state index in [2.05, 4.69) is 71.1 Å². The summed E-state index contributed by atoms with van der Waals surface area (Å²) < 4.78 is 0. The molecule has 0 aromatic rings. The van der Waals surface area contributed by atoms with Gasteiger partial charge in [0.2, 0.25) is 0 Å². The molecule has 0 atom stereocenters. The van der Waals surface area contributed by atoms with Gasteiger partial charge in [0.05, 0.1) is 5.54 Å². The third-order valence-corrected chi connectivity index (χ3v) is 5.32. The van der Waals surface area contributed by atoms with Crippen molar-refractivity contribution in [2.24, 2.45) is 4.99 Å². The van der Waals surface area contributed by atoms with Crippen molar-refractivity contribution >= 4 is 22.4 Å². The van der Waals surface area contributed by atoms with Crippen LogP contribution in [0.4, 0.5) is 0 Å². The standard InChI is InChI=1S/C15H33NSi2/c1-15(2,3)16-11-10-14(12-17(4,5)6)13-18(7,8)9/h10-11H,12-13H2,1-9H3. The van der Waals surface area contributed by atoms with E-state index in [0.717, 1.165) is 0 Å². The van der Waals surface area contributed by atoms with Crippen LogP contribution in [0.2, 0.25) is 51.4 Å². The van der Waals surface area contributed by atoms with E-state index in [-0.39, 0.29) is 5.54 Å². The summed E-state index contributed by atoms with van der Waals surface area (Å²) in [6.45, 7) is 21.1. The van der Waals surface area contributed by atoms with Crippen molar-refractivity contribution in [1.82, 2.24) is 0 Å². The molecule has 0 spiro atoms. The van der Waals surface area contributed by atoms with E-state index in [1.165, 1.54) is 12.1 Å². The van der Waals surface area contributed by atoms with E-state index < -0.39 is 16.1 Å². The zero-order valence-electron chi connectivity index (χ0n) is 14.0. The lowest BCUT2D eigenvalue weighted by Gasteiger charge is -2.23. The fourth-order valence-corrected chi connectivity index (χ4v) is 5.37. The first kappa shape index (κ1) is 17.8. The topological polar surface area (TPSA) is 12.4 Å². The predicted molar refractivity (Wildman–Crippen MR) is 92.6 cm³/mol. The molecule has 0 rings (SSSR count). The van der Waals surface area contributed by atoms with Crippen LogP contribution >= 0.6 is 0 Å². The highest BCUT2D eigenvalue weighted by Crippen LogP contribution is 2.24. The van der Waals surface area contributed by atoms with Crippen LogP contribution in [0.1, 0.15) is 20.8 Å². The Kier molecular flexibility index (Phi) is 6.28. The molecular weight excluding hydrogens is 250 g/mol. The normalized spacial score (nSPS) is 14.1. The van der Waals surface area contributed by atoms with Gasteiger partial charge < -0.3 is 0 Å². The van der Waals surface area contributed by atoms with Crippen LogP contribution < -0.4 is 0 Å². The van der Waals surface area contributed by atoms with Crippen LogP contribution in [0.15, 0.2) is 16.6 Å². The molecule has 0 fully saturated rings. The molecule has 18 heavy (non-hydrogen) atoms. The van der Waals surface area contributed by atoms with Crippen LogP contribution in [-0.4, -0.2) is 27.9 Å². The van der Waals surface area contributed by atoms with Gasteiger partial charge in [0.25, 0.3) is 0 Å². The summed E-state index contributed by atoms with van der Waals surface area (Å²) >= 11 is 0. The summed E-state index contributed by atoms with van der Waals surface area (Å²) in [7, 11) is -2.05. The lowest BCUT2D eigenvalue weighted by atomic mass is 10.1. The number of rotatable bonds is 5. The Morgan fingerprint density at radius 1 is 0.889 bits per heavy atom. The molecule has 3 heteroatoms. The number of aliphatic imine (C=N–C) groups is 1. The molecule has 0 heterocycles. The van der Waals surface area contributed by atoms with Crippen LogP contribution in [-0.2, 0) is 0 Å². The molecule has 106 valence electrons. The minimum atomic E-state index is -1.02. The van der Waals surface area contributed by atoms with Crippen molar-refractivity contribution in [3.8, 4) is 0 Å². The molecule has 0 radical (unpaired) electrons. The van der Waals surface area contributed by atoms with Crippen molar-refractivity contribution in [3.05, 3.63) is 11.6 Å². The van der Waals surface area contributed by atoms with Gasteiger partial charge >= 0.3 is 0 Å². The van der Waals surface area contributed by atoms with E-state index in [4.69, 9.17) is 0 Å². The van der Waals surface area contributed by atoms with Crippen molar-refractivity contribution in [2.75, 3.05) is 0 Å². The van der Waals surface area contributed by atoms with E-state index in [0.29, 0.717) is 0 Å². The van der Waals surface area contributed by atoms with Gasteiger partial charge in [-0.3, -0.25) is 4.99 Å². The number of hydrogen-bond donors (Lipinski definition) is 0. The van der Waals surface area contributed by atoms with Gasteiger partial charge in [-0.1, -0.05) is 44.9 Å². The van der Waals surface area contributed by atoms with Gasteiger partial charge in [0.15, 0.2) is 0 Å². The predicted octanol–water partition coefficient (Wildman–Crippen LogP) is 5.46. The zero-order chi connectivity index (χ0) is 14.6. The Balaban J connectivity index is 4.87. The highest BCUT2D eigenvalue weighted by molar-refractivity contribution is 6.78. The molecule has 0 aliphatic carbocycles. The van der Waals surface area contributed by atoms with E-state index >= 15 is 0 Å². The molecule has 0 bridgehead atoms. The number of nitrogens with zero attached hydrogens (tertiary/aromatic N) is 1. The van der Waals surface area contributed by atoms with Gasteiger partial charge in [0.1, 0.15) is 0 Å². The Hall–Kier alpha value is -0.156. The molecule has 0 N–H and O–H groups in total. The monoisotopic (exact) mass is 283 g/mol. The van der Waals surface area contributed by atoms with Crippen LogP contribution in [0.25, 0.3) is 0 Å². The fourth-order valence-electron chi connectivity index (χ4n) is 1.91. The van der Waals surface area contributed by atoms with Gasteiger partial charge in [-0.05, 0) is 38.9 Å². The summed E-state index contributed by atoms with van der Waals surface area (Å²) in [6, 6.07) is 2.63. The first-order valence-corrected chi connectivity index (χ1v) is 14.4. The SMILES string of the molecule is CC(C)(C)N=CC=C(C[Si](C)(C)C)C[Si](C)(C)C. The molecule has 0 amide bonds. The molecular formula is C15H33NSi2. The third-order valence-electron chi connectivity index (χ3n) is 2.29. The molecule has 0 aromatic carbocycles. The molecule has 0 aliphatic heterocycles. The lowest BCUT2D eigenvalue weighted by molar-refractivity contribution is 0.587. The molecule has 0 aliphatic rings. The van der Waals surface area contributed by atoms with Crippen molar-refractivity contribution in [2.45, 2.75) is 77.7 Å². The minimum Gasteiger partial charge on any atom is -0.287 e. The van der Waals surface area contributed by atoms with Gasteiger partial charge in [-0.15, -0.1) is 0 Å². The minimum absolute atomic E-state index is 0.0416. The second-order valence-corrected chi connectivity index (χ2v) is 19.7. The van der Waals surface area contributed by atoms with Gasteiger partial charge in [-0.25, -0.2) is 0 Å². The molecule has 1 nitrogen and oxygen atoms in total. The number of hydrogen-bond acceptors (Lipinski definition) is 1. The largest absolute Gasteiger partial charge is 0.287 e. The van der Waals surface area contributed by atoms with Crippen molar-refractivity contribution in [1.29, 1.82) is 0 Å². The smallest absolute Gasteiger partial charge is 0.0524 e. The maximum Gasteiger partial charge on any atom is 0.0524 e. The maximum atomic E-state index is 4.59. The first-order valence-electron chi connectivity index (χ1n) is 7.02. The second kappa shape index (κ2) is 6.33. The van der Waals surface area contributed by atoms with E-state index in [1.807, 2.05) is 6.21 Å². The van der Waals surface area contributed by atoms with Crippen molar-refractivity contribution < 1.29 is 0 Å². The average molecular weight is 284 g/mol. The zero-order valence-corrected chi connectivity index (χ0v) is 16.0.